The second kappa shape index (κ2) is 11.2. The lowest BCUT2D eigenvalue weighted by Gasteiger charge is -2.36. The summed E-state index contributed by atoms with van der Waals surface area (Å²) in [6, 6.07) is 19.3. The predicted octanol–water partition coefficient (Wildman–Crippen LogP) is 5.86. The highest BCUT2D eigenvalue weighted by Gasteiger charge is 2.34. The van der Waals surface area contributed by atoms with Crippen LogP contribution in [0.2, 0.25) is 0 Å². The Morgan fingerprint density at radius 2 is 1.59 bits per heavy atom. The normalized spacial score (nSPS) is 15.2. The third kappa shape index (κ3) is 4.54. The maximum absolute atomic E-state index is 14.1. The first-order valence-corrected chi connectivity index (χ1v) is 15.1. The molecule has 0 amide bonds. The minimum absolute atomic E-state index is 0.0914. The fourth-order valence-corrected chi connectivity index (χ4v) is 6.64. The summed E-state index contributed by atoms with van der Waals surface area (Å²) in [6.45, 7) is 4.32. The molecule has 3 aliphatic rings. The molecule has 2 aliphatic heterocycles. The van der Waals surface area contributed by atoms with E-state index in [1.54, 1.807) is 21.3 Å². The van der Waals surface area contributed by atoms with E-state index in [2.05, 4.69) is 32.4 Å². The highest BCUT2D eigenvalue weighted by atomic mass is 16.7. The molecule has 0 bridgehead atoms. The molecule has 46 heavy (non-hydrogen) atoms. The molecule has 0 radical (unpaired) electrons. The van der Waals surface area contributed by atoms with Gasteiger partial charge in [0.05, 0.1) is 43.7 Å². The molecule has 11 nitrogen and oxygen atoms in total. The van der Waals surface area contributed by atoms with Gasteiger partial charge in [0.2, 0.25) is 12.5 Å². The monoisotopic (exact) mass is 620 g/mol. The summed E-state index contributed by atoms with van der Waals surface area (Å²) in [4.78, 5) is 18.8. The Hall–Kier alpha value is -5.42. The summed E-state index contributed by atoms with van der Waals surface area (Å²) in [5.74, 6) is 3.57. The van der Waals surface area contributed by atoms with Crippen LogP contribution in [0.15, 0.2) is 65.2 Å². The molecule has 8 rings (SSSR count). The van der Waals surface area contributed by atoms with Crippen LogP contribution in [0.1, 0.15) is 21.5 Å². The third-order valence-corrected chi connectivity index (χ3v) is 8.88. The van der Waals surface area contributed by atoms with Gasteiger partial charge < -0.3 is 38.4 Å². The molecule has 0 saturated carbocycles. The molecule has 234 valence electrons. The summed E-state index contributed by atoms with van der Waals surface area (Å²) in [7, 11) is 4.71. The van der Waals surface area contributed by atoms with Gasteiger partial charge in [-0.2, -0.15) is 0 Å². The van der Waals surface area contributed by atoms with Gasteiger partial charge in [0.15, 0.2) is 34.5 Å². The lowest BCUT2D eigenvalue weighted by molar-refractivity contribution is 0.104. The lowest BCUT2D eigenvalue weighted by Crippen LogP contribution is -2.46. The molecular formula is C35H32N4O7. The molecule has 0 spiro atoms. The summed E-state index contributed by atoms with van der Waals surface area (Å²) >= 11 is 0. The summed E-state index contributed by atoms with van der Waals surface area (Å²) in [5, 5.41) is 8.76. The number of ketones is 1. The van der Waals surface area contributed by atoms with Crippen LogP contribution >= 0.6 is 0 Å². The van der Waals surface area contributed by atoms with Gasteiger partial charge in [0.25, 0.3) is 0 Å². The van der Waals surface area contributed by atoms with Gasteiger partial charge in [-0.05, 0) is 23.8 Å². The van der Waals surface area contributed by atoms with Crippen molar-refractivity contribution in [2.24, 2.45) is 0 Å². The standard InChI is InChI=1S/C35H32N4O7/c1-41-28-15-21(16-29(42-2)35(28)43-3)36-24-17-25(32-31-30(24)33(40)22-6-4-5-7-23(22)34(31)46-37-32)39-12-10-38(11-13-39)18-20-8-9-26-27(14-20)45-19-44-26/h4-9,14-17,36H,10-13,18-19H2,1-3H3. The molecule has 5 aromatic rings. The number of aromatic nitrogens is 1. The van der Waals surface area contributed by atoms with Crippen molar-refractivity contribution in [3.8, 4) is 40.1 Å². The average Bonchev–Trinajstić information content (AvgIpc) is 3.75. The van der Waals surface area contributed by atoms with Gasteiger partial charge in [0.1, 0.15) is 5.52 Å². The molecule has 4 aromatic carbocycles. The first kappa shape index (κ1) is 28.1. The van der Waals surface area contributed by atoms with E-state index in [4.69, 9.17) is 28.2 Å². The molecule has 11 heteroatoms. The van der Waals surface area contributed by atoms with E-state index in [1.807, 2.05) is 48.5 Å². The second-order valence-corrected chi connectivity index (χ2v) is 11.4. The van der Waals surface area contributed by atoms with Crippen molar-refractivity contribution in [2.75, 3.05) is 64.5 Å². The molecule has 1 aliphatic carbocycles. The minimum atomic E-state index is -0.0914. The Kier molecular flexibility index (Phi) is 6.83. The van der Waals surface area contributed by atoms with E-state index in [0.717, 1.165) is 55.5 Å². The van der Waals surface area contributed by atoms with Gasteiger partial charge in [-0.1, -0.05) is 35.5 Å². The molecule has 0 unspecified atom stereocenters. The van der Waals surface area contributed by atoms with Gasteiger partial charge in [-0.15, -0.1) is 0 Å². The van der Waals surface area contributed by atoms with Crippen LogP contribution in [0, 0.1) is 0 Å². The Morgan fingerprint density at radius 1 is 0.848 bits per heavy atom. The van der Waals surface area contributed by atoms with Crippen molar-refractivity contribution in [1.29, 1.82) is 0 Å². The summed E-state index contributed by atoms with van der Waals surface area (Å²) in [6.07, 6.45) is 0. The largest absolute Gasteiger partial charge is 0.493 e. The molecule has 1 saturated heterocycles. The van der Waals surface area contributed by atoms with Crippen LogP contribution < -0.4 is 33.9 Å². The molecule has 1 N–H and O–H groups in total. The number of benzene rings is 4. The van der Waals surface area contributed by atoms with Crippen molar-refractivity contribution < 1.29 is 33.0 Å². The van der Waals surface area contributed by atoms with Crippen molar-refractivity contribution in [3.63, 3.8) is 0 Å². The van der Waals surface area contributed by atoms with Crippen LogP contribution in [-0.4, -0.2) is 70.1 Å². The number of carbonyl (C=O) groups is 1. The summed E-state index contributed by atoms with van der Waals surface area (Å²) in [5.41, 5.74) is 5.91. The maximum Gasteiger partial charge on any atom is 0.231 e. The number of rotatable bonds is 8. The number of piperazine rings is 1. The van der Waals surface area contributed by atoms with E-state index in [1.165, 1.54) is 5.56 Å². The van der Waals surface area contributed by atoms with Gasteiger partial charge in [-0.3, -0.25) is 9.69 Å². The van der Waals surface area contributed by atoms with E-state index < -0.39 is 0 Å². The van der Waals surface area contributed by atoms with Gasteiger partial charge in [-0.25, -0.2) is 0 Å². The lowest BCUT2D eigenvalue weighted by atomic mass is 9.86. The van der Waals surface area contributed by atoms with Crippen LogP contribution in [0.3, 0.4) is 0 Å². The smallest absolute Gasteiger partial charge is 0.231 e. The van der Waals surface area contributed by atoms with E-state index in [0.29, 0.717) is 56.4 Å². The molecule has 1 fully saturated rings. The van der Waals surface area contributed by atoms with Crippen LogP contribution in [0.5, 0.6) is 28.7 Å². The van der Waals surface area contributed by atoms with Crippen LogP contribution in [-0.2, 0) is 6.54 Å². The average molecular weight is 621 g/mol. The number of nitrogens with one attached hydrogen (secondary N) is 1. The maximum atomic E-state index is 14.1. The van der Waals surface area contributed by atoms with E-state index in [9.17, 15) is 4.79 Å². The van der Waals surface area contributed by atoms with E-state index >= 15 is 0 Å². The van der Waals surface area contributed by atoms with Crippen molar-refractivity contribution >= 4 is 33.7 Å². The van der Waals surface area contributed by atoms with Crippen molar-refractivity contribution in [1.82, 2.24) is 10.1 Å². The Morgan fingerprint density at radius 3 is 2.33 bits per heavy atom. The van der Waals surface area contributed by atoms with Gasteiger partial charge >= 0.3 is 0 Å². The third-order valence-electron chi connectivity index (χ3n) is 8.88. The first-order valence-electron chi connectivity index (χ1n) is 15.1. The minimum Gasteiger partial charge on any atom is -0.493 e. The van der Waals surface area contributed by atoms with Crippen LogP contribution in [0.4, 0.5) is 17.1 Å². The highest BCUT2D eigenvalue weighted by Crippen LogP contribution is 2.47. The first-order chi connectivity index (χ1) is 22.6. The number of carbonyl (C=O) groups excluding carboxylic acids is 1. The summed E-state index contributed by atoms with van der Waals surface area (Å²) < 4.78 is 33.8. The van der Waals surface area contributed by atoms with Crippen LogP contribution in [0.25, 0.3) is 22.2 Å². The zero-order chi connectivity index (χ0) is 31.4. The van der Waals surface area contributed by atoms with E-state index in [-0.39, 0.29) is 12.6 Å². The number of anilines is 3. The second-order valence-electron chi connectivity index (χ2n) is 11.4. The number of ether oxygens (including phenoxy) is 5. The fraction of sp³-hybridized carbons (Fsp3) is 0.257. The zero-order valence-electron chi connectivity index (χ0n) is 25.7. The predicted molar refractivity (Wildman–Crippen MR) is 172 cm³/mol. The number of nitrogens with zero attached hydrogens (tertiary/aromatic N) is 3. The molecule has 0 atom stereocenters. The Balaban J connectivity index is 1.16. The number of hydrogen-bond donors (Lipinski definition) is 1. The number of fused-ring (bicyclic) bond motifs is 3. The number of hydrogen-bond acceptors (Lipinski definition) is 11. The van der Waals surface area contributed by atoms with Crippen molar-refractivity contribution in [3.05, 3.63) is 77.4 Å². The Labute approximate surface area is 265 Å². The quantitative estimate of drug-likeness (QED) is 0.221. The Bertz CT molecular complexity index is 1970. The highest BCUT2D eigenvalue weighted by molar-refractivity contribution is 6.28. The molecule has 3 heterocycles. The SMILES string of the molecule is COc1cc(Nc2cc(N3CCN(Cc4ccc5c(c4)OCO5)CC3)c3noc4c3c2C(=O)c2ccccc2-4)cc(OC)c1OC. The molecule has 1 aromatic heterocycles. The fourth-order valence-electron chi connectivity index (χ4n) is 6.64. The van der Waals surface area contributed by atoms with Gasteiger partial charge in [0, 0.05) is 61.7 Å². The van der Waals surface area contributed by atoms with Crippen molar-refractivity contribution in [2.45, 2.75) is 6.54 Å². The topological polar surface area (TPSA) is 108 Å². The zero-order valence-corrected chi connectivity index (χ0v) is 25.7. The molecular weight excluding hydrogens is 588 g/mol. The number of methoxy groups -OCH3 is 3.